The number of nitrogens with one attached hydrogen (secondary N) is 1. The highest BCUT2D eigenvalue weighted by Gasteiger charge is 2.30. The smallest absolute Gasteiger partial charge is 0.281 e. The van der Waals surface area contributed by atoms with E-state index < -0.39 is 0 Å². The van der Waals surface area contributed by atoms with Gasteiger partial charge in [0.2, 0.25) is 5.91 Å². The minimum Gasteiger partial charge on any atom is -0.342 e. The number of H-pyrrole nitrogens is 1. The number of benzene rings is 1. The first kappa shape index (κ1) is 20.8. The van der Waals surface area contributed by atoms with Crippen molar-refractivity contribution in [2.45, 2.75) is 64.3 Å². The molecular formula is C24H30N6O2. The Balaban J connectivity index is 1.32. The van der Waals surface area contributed by atoms with Crippen LogP contribution >= 0.6 is 0 Å². The molecule has 2 aromatic heterocycles. The zero-order valence-corrected chi connectivity index (χ0v) is 18.6. The van der Waals surface area contributed by atoms with Crippen molar-refractivity contribution in [1.82, 2.24) is 29.9 Å². The number of aromatic nitrogens is 5. The van der Waals surface area contributed by atoms with Crippen LogP contribution in [0.2, 0.25) is 0 Å². The van der Waals surface area contributed by atoms with Crippen LogP contribution in [0.25, 0.3) is 11.2 Å². The number of nitrogens with zero attached hydrogens (tertiary/aromatic N) is 5. The van der Waals surface area contributed by atoms with Crippen molar-refractivity contribution in [3.05, 3.63) is 51.6 Å². The maximum absolute atomic E-state index is 12.9. The number of carbonyl (C=O) groups excluding carboxylic acids is 1. The molecule has 2 aliphatic rings. The summed E-state index contributed by atoms with van der Waals surface area (Å²) in [6.07, 6.45) is 7.27. The molecule has 0 bridgehead atoms. The second-order valence-corrected chi connectivity index (χ2v) is 9.29. The Morgan fingerprint density at radius 2 is 1.78 bits per heavy atom. The molecule has 8 nitrogen and oxygen atoms in total. The van der Waals surface area contributed by atoms with E-state index in [1.807, 2.05) is 4.90 Å². The molecule has 1 saturated carbocycles. The minimum atomic E-state index is -0.249. The number of hydrogen-bond acceptors (Lipinski definition) is 5. The first-order valence-electron chi connectivity index (χ1n) is 11.8. The summed E-state index contributed by atoms with van der Waals surface area (Å²) in [6.45, 7) is 4.02. The highest BCUT2D eigenvalue weighted by Crippen LogP contribution is 2.30. The van der Waals surface area contributed by atoms with E-state index in [-0.39, 0.29) is 22.9 Å². The third kappa shape index (κ3) is 4.18. The van der Waals surface area contributed by atoms with Gasteiger partial charge in [0.1, 0.15) is 5.82 Å². The van der Waals surface area contributed by atoms with Crippen molar-refractivity contribution in [1.29, 1.82) is 0 Å². The van der Waals surface area contributed by atoms with E-state index in [0.29, 0.717) is 23.9 Å². The quantitative estimate of drug-likeness (QED) is 0.680. The van der Waals surface area contributed by atoms with Crippen LogP contribution in [0, 0.1) is 12.8 Å². The number of likely N-dealkylation sites (tertiary alicyclic amines) is 1. The molecule has 1 aromatic carbocycles. The molecule has 1 N–H and O–H groups in total. The zero-order valence-electron chi connectivity index (χ0n) is 18.6. The molecule has 168 valence electrons. The molecule has 8 heteroatoms. The summed E-state index contributed by atoms with van der Waals surface area (Å²) in [5, 5.41) is 8.24. The lowest BCUT2D eigenvalue weighted by Gasteiger charge is -2.34. The van der Waals surface area contributed by atoms with Crippen LogP contribution in [-0.2, 0) is 11.3 Å². The van der Waals surface area contributed by atoms with Gasteiger partial charge in [0, 0.05) is 24.9 Å². The van der Waals surface area contributed by atoms with Crippen molar-refractivity contribution in [2.75, 3.05) is 13.1 Å². The van der Waals surface area contributed by atoms with Gasteiger partial charge in [0.15, 0.2) is 11.2 Å². The van der Waals surface area contributed by atoms with E-state index in [2.05, 4.69) is 46.5 Å². The second-order valence-electron chi connectivity index (χ2n) is 9.29. The van der Waals surface area contributed by atoms with Crippen molar-refractivity contribution < 1.29 is 4.79 Å². The summed E-state index contributed by atoms with van der Waals surface area (Å²) >= 11 is 0. The van der Waals surface area contributed by atoms with Crippen molar-refractivity contribution in [3.63, 3.8) is 0 Å². The van der Waals surface area contributed by atoms with E-state index in [1.165, 1.54) is 24.8 Å². The van der Waals surface area contributed by atoms with Crippen LogP contribution in [0.1, 0.15) is 67.8 Å². The average molecular weight is 435 g/mol. The fourth-order valence-electron chi connectivity index (χ4n) is 5.03. The first-order chi connectivity index (χ1) is 15.6. The Kier molecular flexibility index (Phi) is 5.76. The van der Waals surface area contributed by atoms with Crippen LogP contribution in [-0.4, -0.2) is 48.9 Å². The van der Waals surface area contributed by atoms with Crippen LogP contribution in [0.5, 0.6) is 0 Å². The van der Waals surface area contributed by atoms with Gasteiger partial charge in [0.05, 0.1) is 6.54 Å². The van der Waals surface area contributed by atoms with E-state index in [0.717, 1.165) is 44.3 Å². The van der Waals surface area contributed by atoms with Gasteiger partial charge in [-0.1, -0.05) is 54.3 Å². The Labute approximate surface area is 187 Å². The lowest BCUT2D eigenvalue weighted by Crippen LogP contribution is -2.42. The number of aryl methyl sites for hydroxylation is 1. The number of fused-ring (bicyclic) bond motifs is 1. The number of piperidine rings is 1. The number of carbonyl (C=O) groups is 1. The van der Waals surface area contributed by atoms with Gasteiger partial charge >= 0.3 is 0 Å². The molecule has 0 atom stereocenters. The molecule has 3 heterocycles. The SMILES string of the molecule is Cc1ccc(Cn2nnc3c(=O)[nH]c(C4CCN(C(=O)C5CCCCC5)CC4)nc32)cc1. The van der Waals surface area contributed by atoms with Gasteiger partial charge in [-0.3, -0.25) is 9.59 Å². The fraction of sp³-hybridized carbons (Fsp3) is 0.542. The molecule has 1 saturated heterocycles. The first-order valence-corrected chi connectivity index (χ1v) is 11.8. The van der Waals surface area contributed by atoms with E-state index in [9.17, 15) is 9.59 Å². The topological polar surface area (TPSA) is 96.8 Å². The Morgan fingerprint density at radius 3 is 2.50 bits per heavy atom. The van der Waals surface area contributed by atoms with Gasteiger partial charge in [-0.2, -0.15) is 0 Å². The third-order valence-corrected chi connectivity index (χ3v) is 6.99. The normalized spacial score (nSPS) is 18.3. The molecule has 32 heavy (non-hydrogen) atoms. The number of aromatic amines is 1. The third-order valence-electron chi connectivity index (χ3n) is 6.99. The lowest BCUT2D eigenvalue weighted by atomic mass is 9.87. The van der Waals surface area contributed by atoms with Crippen LogP contribution in [0.3, 0.4) is 0 Å². The number of rotatable bonds is 4. The Morgan fingerprint density at radius 1 is 1.06 bits per heavy atom. The summed E-state index contributed by atoms with van der Waals surface area (Å²) in [6, 6.07) is 8.22. The van der Waals surface area contributed by atoms with E-state index in [1.54, 1.807) is 4.68 Å². The molecule has 2 fully saturated rings. The maximum Gasteiger partial charge on any atom is 0.281 e. The van der Waals surface area contributed by atoms with Gasteiger partial charge in [-0.25, -0.2) is 9.67 Å². The van der Waals surface area contributed by atoms with Crippen LogP contribution in [0.15, 0.2) is 29.1 Å². The average Bonchev–Trinajstić information content (AvgIpc) is 3.24. The molecule has 1 amide bonds. The number of hydrogen-bond donors (Lipinski definition) is 1. The second kappa shape index (κ2) is 8.84. The largest absolute Gasteiger partial charge is 0.342 e. The Bertz CT molecular complexity index is 1150. The molecule has 1 aliphatic carbocycles. The van der Waals surface area contributed by atoms with E-state index >= 15 is 0 Å². The standard InChI is InChI=1S/C24H30N6O2/c1-16-7-9-17(10-8-16)15-30-22-20(27-28-30)23(31)26-21(25-22)18-11-13-29(14-12-18)24(32)19-5-3-2-4-6-19/h7-10,18-19H,2-6,11-15H2,1H3,(H,25,26,31). The molecule has 0 spiro atoms. The molecule has 0 unspecified atom stereocenters. The van der Waals surface area contributed by atoms with E-state index in [4.69, 9.17) is 4.98 Å². The van der Waals surface area contributed by atoms with Crippen molar-refractivity contribution in [3.8, 4) is 0 Å². The summed E-state index contributed by atoms with van der Waals surface area (Å²) in [4.78, 5) is 35.2. The molecule has 5 rings (SSSR count). The maximum atomic E-state index is 12.9. The summed E-state index contributed by atoms with van der Waals surface area (Å²) in [5.41, 5.74) is 2.82. The summed E-state index contributed by atoms with van der Waals surface area (Å²) in [5.74, 6) is 1.34. The predicted molar refractivity (Wildman–Crippen MR) is 121 cm³/mol. The minimum absolute atomic E-state index is 0.130. The highest BCUT2D eigenvalue weighted by molar-refractivity contribution is 5.79. The Hall–Kier alpha value is -3.03. The fourth-order valence-corrected chi connectivity index (χ4v) is 5.03. The molecular weight excluding hydrogens is 404 g/mol. The molecule has 0 radical (unpaired) electrons. The zero-order chi connectivity index (χ0) is 22.1. The predicted octanol–water partition coefficient (Wildman–Crippen LogP) is 3.16. The van der Waals surface area contributed by atoms with Crippen LogP contribution in [0.4, 0.5) is 0 Å². The van der Waals surface area contributed by atoms with Gasteiger partial charge in [-0.05, 0) is 38.2 Å². The van der Waals surface area contributed by atoms with Crippen molar-refractivity contribution in [2.24, 2.45) is 5.92 Å². The highest BCUT2D eigenvalue weighted by atomic mass is 16.2. The van der Waals surface area contributed by atoms with Gasteiger partial charge in [0.25, 0.3) is 5.56 Å². The number of amides is 1. The summed E-state index contributed by atoms with van der Waals surface area (Å²) < 4.78 is 1.69. The summed E-state index contributed by atoms with van der Waals surface area (Å²) in [7, 11) is 0. The van der Waals surface area contributed by atoms with Gasteiger partial charge in [-0.15, -0.1) is 5.10 Å². The van der Waals surface area contributed by atoms with Gasteiger partial charge < -0.3 is 9.88 Å². The van der Waals surface area contributed by atoms with Crippen molar-refractivity contribution >= 4 is 17.1 Å². The molecule has 1 aliphatic heterocycles. The van der Waals surface area contributed by atoms with Crippen LogP contribution < -0.4 is 5.56 Å². The lowest BCUT2D eigenvalue weighted by molar-refractivity contribution is -0.137. The monoisotopic (exact) mass is 434 g/mol. The molecule has 3 aromatic rings.